The monoisotopic (exact) mass is 546 g/mol. The van der Waals surface area contributed by atoms with Gasteiger partial charge in [0.05, 0.1) is 11.0 Å². The highest BCUT2D eigenvalue weighted by Crippen LogP contribution is 2.28. The molecular weight excluding hydrogens is 524 g/mol. The average Bonchev–Trinajstić information content (AvgIpc) is 3.32. The van der Waals surface area contributed by atoms with Crippen molar-refractivity contribution in [2.75, 3.05) is 5.32 Å². The van der Waals surface area contributed by atoms with Crippen molar-refractivity contribution in [3.8, 4) is 0 Å². The fraction of sp³-hybridized carbons (Fsp3) is 0.143. The number of aromatic nitrogens is 3. The molecular formula is C28H24BrClN4O. The van der Waals surface area contributed by atoms with E-state index in [1.165, 1.54) is 16.8 Å². The summed E-state index contributed by atoms with van der Waals surface area (Å²) >= 11 is 9.79. The average molecular weight is 548 g/mol. The first-order valence-electron chi connectivity index (χ1n) is 11.3. The van der Waals surface area contributed by atoms with Crippen molar-refractivity contribution in [3.05, 3.63) is 116 Å². The van der Waals surface area contributed by atoms with Crippen molar-refractivity contribution in [2.45, 2.75) is 26.9 Å². The Morgan fingerprint density at radius 1 is 1.00 bits per heavy atom. The standard InChI is InChI=1S/C28H24BrClN4O/c1-18-19(2)34(15-20-8-4-3-5-9-20)26-13-12-21(14-23(18)26)28(35)31-27-24(29)17-33(32-27)16-22-10-6-7-11-25(22)30/h3-14,17H,15-16H2,1-2H3,(H,31,32,35). The maximum absolute atomic E-state index is 13.1. The van der Waals surface area contributed by atoms with Crippen LogP contribution in [0.3, 0.4) is 0 Å². The molecule has 0 aliphatic heterocycles. The van der Waals surface area contributed by atoms with E-state index in [0.717, 1.165) is 23.0 Å². The summed E-state index contributed by atoms with van der Waals surface area (Å²) in [7, 11) is 0. The van der Waals surface area contributed by atoms with Crippen LogP contribution < -0.4 is 5.32 Å². The summed E-state index contributed by atoms with van der Waals surface area (Å²) in [4.78, 5) is 13.1. The zero-order valence-corrected chi connectivity index (χ0v) is 21.8. The third-order valence-electron chi connectivity index (χ3n) is 6.32. The van der Waals surface area contributed by atoms with Gasteiger partial charge < -0.3 is 9.88 Å². The van der Waals surface area contributed by atoms with Gasteiger partial charge in [0.1, 0.15) is 0 Å². The number of hydrogen-bond acceptors (Lipinski definition) is 2. The van der Waals surface area contributed by atoms with Crippen LogP contribution in [0, 0.1) is 13.8 Å². The van der Waals surface area contributed by atoms with Crippen LogP contribution in [0.1, 0.15) is 32.7 Å². The molecule has 0 saturated carbocycles. The smallest absolute Gasteiger partial charge is 0.256 e. The Kier molecular flexibility index (Phi) is 6.50. The number of nitrogens with one attached hydrogen (secondary N) is 1. The number of hydrogen-bond donors (Lipinski definition) is 1. The normalized spacial score (nSPS) is 11.2. The van der Waals surface area contributed by atoms with E-state index in [1.54, 1.807) is 4.68 Å². The topological polar surface area (TPSA) is 51.9 Å². The lowest BCUT2D eigenvalue weighted by Crippen LogP contribution is -2.13. The predicted octanol–water partition coefficient (Wildman–Crippen LogP) is 7.22. The van der Waals surface area contributed by atoms with Gasteiger partial charge in [0.25, 0.3) is 5.91 Å². The molecule has 0 atom stereocenters. The van der Waals surface area contributed by atoms with Crippen LogP contribution in [-0.4, -0.2) is 20.3 Å². The predicted molar refractivity (Wildman–Crippen MR) is 145 cm³/mol. The Balaban J connectivity index is 1.38. The molecule has 0 fully saturated rings. The molecule has 0 spiro atoms. The highest BCUT2D eigenvalue weighted by atomic mass is 79.9. The number of carbonyl (C=O) groups is 1. The molecule has 1 N–H and O–H groups in total. The van der Waals surface area contributed by atoms with Crippen molar-refractivity contribution >= 4 is 50.2 Å². The molecule has 0 bridgehead atoms. The second-order valence-electron chi connectivity index (χ2n) is 8.58. The van der Waals surface area contributed by atoms with Crippen LogP contribution >= 0.6 is 27.5 Å². The summed E-state index contributed by atoms with van der Waals surface area (Å²) in [6.45, 7) is 5.53. The summed E-state index contributed by atoms with van der Waals surface area (Å²) in [5, 5.41) is 9.23. The molecule has 5 nitrogen and oxygen atoms in total. The second kappa shape index (κ2) is 9.72. The van der Waals surface area contributed by atoms with E-state index in [4.69, 9.17) is 11.6 Å². The van der Waals surface area contributed by atoms with Gasteiger partial charge in [0.2, 0.25) is 0 Å². The molecule has 3 aromatic carbocycles. The summed E-state index contributed by atoms with van der Waals surface area (Å²) in [6, 6.07) is 23.9. The minimum absolute atomic E-state index is 0.205. The van der Waals surface area contributed by atoms with Gasteiger partial charge in [0, 0.05) is 39.9 Å². The molecule has 2 heterocycles. The third kappa shape index (κ3) is 4.77. The molecule has 0 aliphatic carbocycles. The van der Waals surface area contributed by atoms with Crippen molar-refractivity contribution in [1.82, 2.24) is 14.3 Å². The van der Waals surface area contributed by atoms with E-state index in [-0.39, 0.29) is 5.91 Å². The summed E-state index contributed by atoms with van der Waals surface area (Å²) in [6.07, 6.45) is 1.83. The van der Waals surface area contributed by atoms with Crippen LogP contribution in [0.4, 0.5) is 5.82 Å². The van der Waals surface area contributed by atoms with Crippen molar-refractivity contribution in [1.29, 1.82) is 0 Å². The van der Waals surface area contributed by atoms with Crippen LogP contribution in [-0.2, 0) is 13.1 Å². The largest absolute Gasteiger partial charge is 0.340 e. The van der Waals surface area contributed by atoms with Crippen LogP contribution in [0.25, 0.3) is 10.9 Å². The number of aryl methyl sites for hydroxylation is 1. The Hall–Kier alpha value is -3.35. The van der Waals surface area contributed by atoms with E-state index in [1.807, 2.05) is 54.7 Å². The minimum Gasteiger partial charge on any atom is -0.340 e. The number of rotatable bonds is 6. The Morgan fingerprint density at radius 3 is 2.51 bits per heavy atom. The lowest BCUT2D eigenvalue weighted by atomic mass is 10.1. The van der Waals surface area contributed by atoms with Crippen LogP contribution in [0.15, 0.2) is 83.5 Å². The van der Waals surface area contributed by atoms with E-state index < -0.39 is 0 Å². The Morgan fingerprint density at radius 2 is 1.74 bits per heavy atom. The zero-order chi connectivity index (χ0) is 24.5. The second-order valence-corrected chi connectivity index (χ2v) is 9.84. The Labute approximate surface area is 217 Å². The number of benzene rings is 3. The van der Waals surface area contributed by atoms with E-state index in [9.17, 15) is 4.79 Å². The van der Waals surface area contributed by atoms with E-state index in [2.05, 4.69) is 69.0 Å². The van der Waals surface area contributed by atoms with E-state index >= 15 is 0 Å². The lowest BCUT2D eigenvalue weighted by molar-refractivity contribution is 0.102. The first kappa shape index (κ1) is 23.4. The fourth-order valence-corrected chi connectivity index (χ4v) is 4.91. The van der Waals surface area contributed by atoms with Gasteiger partial charge in [-0.15, -0.1) is 0 Å². The van der Waals surface area contributed by atoms with Gasteiger partial charge in [0.15, 0.2) is 5.82 Å². The Bertz CT molecular complexity index is 1540. The van der Waals surface area contributed by atoms with Crippen LogP contribution in [0.5, 0.6) is 0 Å². The number of amides is 1. The van der Waals surface area contributed by atoms with Gasteiger partial charge >= 0.3 is 0 Å². The summed E-state index contributed by atoms with van der Waals surface area (Å²) < 4.78 is 4.76. The summed E-state index contributed by atoms with van der Waals surface area (Å²) in [5.41, 5.74) is 6.28. The number of nitrogens with zero attached hydrogens (tertiary/aromatic N) is 3. The molecule has 1 amide bonds. The van der Waals surface area contributed by atoms with Crippen molar-refractivity contribution in [3.63, 3.8) is 0 Å². The van der Waals surface area contributed by atoms with Gasteiger partial charge in [-0.2, -0.15) is 5.10 Å². The molecule has 5 aromatic rings. The van der Waals surface area contributed by atoms with Gasteiger partial charge in [-0.3, -0.25) is 9.48 Å². The summed E-state index contributed by atoms with van der Waals surface area (Å²) in [5.74, 6) is 0.264. The highest BCUT2D eigenvalue weighted by molar-refractivity contribution is 9.10. The number of halogens is 2. The minimum atomic E-state index is -0.205. The third-order valence-corrected chi connectivity index (χ3v) is 7.27. The molecule has 176 valence electrons. The molecule has 0 radical (unpaired) electrons. The van der Waals surface area contributed by atoms with Crippen molar-refractivity contribution in [2.24, 2.45) is 0 Å². The lowest BCUT2D eigenvalue weighted by Gasteiger charge is -2.09. The van der Waals surface area contributed by atoms with Crippen molar-refractivity contribution < 1.29 is 4.79 Å². The maximum atomic E-state index is 13.1. The SMILES string of the molecule is Cc1c(C)n(Cc2ccccc2)c2ccc(C(=O)Nc3nn(Cc4ccccc4Cl)cc3Br)cc12. The molecule has 7 heteroatoms. The molecule has 5 rings (SSSR count). The fourth-order valence-electron chi connectivity index (χ4n) is 4.30. The quantitative estimate of drug-likeness (QED) is 0.244. The van der Waals surface area contributed by atoms with Gasteiger partial charge in [-0.1, -0.05) is 60.1 Å². The van der Waals surface area contributed by atoms with Crippen LogP contribution in [0.2, 0.25) is 5.02 Å². The number of fused-ring (bicyclic) bond motifs is 1. The highest BCUT2D eigenvalue weighted by Gasteiger charge is 2.16. The maximum Gasteiger partial charge on any atom is 0.256 e. The first-order chi connectivity index (χ1) is 16.9. The molecule has 0 aliphatic rings. The molecule has 0 unspecified atom stereocenters. The van der Waals surface area contributed by atoms with E-state index in [0.29, 0.717) is 27.4 Å². The molecule has 35 heavy (non-hydrogen) atoms. The molecule has 0 saturated heterocycles. The number of carbonyl (C=O) groups excluding carboxylic acids is 1. The molecule has 2 aromatic heterocycles. The number of anilines is 1. The van der Waals surface area contributed by atoms with Gasteiger partial charge in [-0.05, 0) is 70.7 Å². The van der Waals surface area contributed by atoms with Gasteiger partial charge in [-0.25, -0.2) is 0 Å². The zero-order valence-electron chi connectivity index (χ0n) is 19.4. The first-order valence-corrected chi connectivity index (χ1v) is 12.5.